The van der Waals surface area contributed by atoms with Crippen molar-refractivity contribution >= 4 is 11.8 Å². The van der Waals surface area contributed by atoms with Gasteiger partial charge in [-0.1, -0.05) is 0 Å². The number of nitrogens with two attached hydrogens (primary N) is 1. The van der Waals surface area contributed by atoms with Crippen molar-refractivity contribution in [1.82, 2.24) is 10.2 Å². The number of primary amides is 1. The van der Waals surface area contributed by atoms with E-state index in [2.05, 4.69) is 5.32 Å². The van der Waals surface area contributed by atoms with Crippen LogP contribution in [-0.2, 0) is 9.59 Å². The van der Waals surface area contributed by atoms with E-state index in [1.165, 1.54) is 0 Å². The Hall–Kier alpha value is -1.10. The summed E-state index contributed by atoms with van der Waals surface area (Å²) >= 11 is 0. The highest BCUT2D eigenvalue weighted by Crippen LogP contribution is 2.07. The van der Waals surface area contributed by atoms with Crippen LogP contribution in [0, 0.1) is 0 Å². The second-order valence-corrected chi connectivity index (χ2v) is 3.92. The van der Waals surface area contributed by atoms with E-state index in [1.807, 2.05) is 18.7 Å². The summed E-state index contributed by atoms with van der Waals surface area (Å²) in [5.74, 6) is -0.309. The third-order valence-corrected chi connectivity index (χ3v) is 2.38. The molecule has 2 amide bonds. The maximum atomic E-state index is 11.2. The van der Waals surface area contributed by atoms with Gasteiger partial charge in [-0.15, -0.1) is 0 Å². The maximum absolute atomic E-state index is 11.2. The Morgan fingerprint density at radius 3 is 2.93 bits per heavy atom. The number of nitrogens with zero attached hydrogens (tertiary/aromatic N) is 1. The first kappa shape index (κ1) is 11.0. The molecule has 2 unspecified atom stereocenters. The summed E-state index contributed by atoms with van der Waals surface area (Å²) in [6, 6.07) is 0.188. The van der Waals surface area contributed by atoms with E-state index in [1.54, 1.807) is 0 Å². The number of nitrogens with one attached hydrogen (secondary N) is 1. The first-order valence-electron chi connectivity index (χ1n) is 4.80. The van der Waals surface area contributed by atoms with Crippen LogP contribution < -0.4 is 11.1 Å². The topological polar surface area (TPSA) is 75.4 Å². The van der Waals surface area contributed by atoms with Crippen LogP contribution in [0.15, 0.2) is 0 Å². The molecular weight excluding hydrogens is 182 g/mol. The van der Waals surface area contributed by atoms with Gasteiger partial charge in [-0.3, -0.25) is 14.5 Å². The van der Waals surface area contributed by atoms with Crippen molar-refractivity contribution in [3.63, 3.8) is 0 Å². The van der Waals surface area contributed by atoms with Gasteiger partial charge < -0.3 is 11.1 Å². The Morgan fingerprint density at radius 1 is 1.79 bits per heavy atom. The highest BCUT2D eigenvalue weighted by atomic mass is 16.2. The summed E-state index contributed by atoms with van der Waals surface area (Å²) in [4.78, 5) is 23.9. The van der Waals surface area contributed by atoms with Gasteiger partial charge in [-0.25, -0.2) is 0 Å². The summed E-state index contributed by atoms with van der Waals surface area (Å²) in [5, 5.41) is 2.82. The van der Waals surface area contributed by atoms with Crippen LogP contribution in [0.3, 0.4) is 0 Å². The van der Waals surface area contributed by atoms with E-state index in [-0.39, 0.29) is 23.9 Å². The van der Waals surface area contributed by atoms with Gasteiger partial charge in [0.2, 0.25) is 11.8 Å². The molecule has 3 N–H and O–H groups in total. The minimum Gasteiger partial charge on any atom is -0.370 e. The highest BCUT2D eigenvalue weighted by Gasteiger charge is 2.25. The van der Waals surface area contributed by atoms with Crippen molar-refractivity contribution in [2.24, 2.45) is 5.73 Å². The number of piperazine rings is 1. The van der Waals surface area contributed by atoms with Crippen molar-refractivity contribution in [3.8, 4) is 0 Å². The lowest BCUT2D eigenvalue weighted by molar-refractivity contribution is -0.127. The monoisotopic (exact) mass is 199 g/mol. The fraction of sp³-hybridized carbons (Fsp3) is 0.778. The van der Waals surface area contributed by atoms with E-state index in [9.17, 15) is 9.59 Å². The summed E-state index contributed by atoms with van der Waals surface area (Å²) in [6.45, 7) is 5.00. The molecule has 1 rings (SSSR count). The quantitative estimate of drug-likeness (QED) is 0.616. The molecule has 0 spiro atoms. The lowest BCUT2D eigenvalue weighted by atomic mass is 10.1. The molecule has 0 aromatic carbocycles. The van der Waals surface area contributed by atoms with Crippen LogP contribution in [0.4, 0.5) is 0 Å². The minimum absolute atomic E-state index is 0.0140. The molecule has 0 bridgehead atoms. The number of carbonyl (C=O) groups excluding carboxylic acids is 2. The first-order valence-corrected chi connectivity index (χ1v) is 4.80. The molecule has 1 saturated heterocycles. The largest absolute Gasteiger partial charge is 0.370 e. The number of hydrogen-bond donors (Lipinski definition) is 2. The molecule has 80 valence electrons. The molecule has 14 heavy (non-hydrogen) atoms. The van der Waals surface area contributed by atoms with Gasteiger partial charge in [-0.05, 0) is 13.8 Å². The van der Waals surface area contributed by atoms with Crippen molar-refractivity contribution in [3.05, 3.63) is 0 Å². The molecule has 0 aliphatic carbocycles. The van der Waals surface area contributed by atoms with E-state index >= 15 is 0 Å². The van der Waals surface area contributed by atoms with Gasteiger partial charge in [0.25, 0.3) is 0 Å². The molecule has 1 aliphatic rings. The second kappa shape index (κ2) is 4.41. The zero-order chi connectivity index (χ0) is 10.7. The molecule has 5 nitrogen and oxygen atoms in total. The summed E-state index contributed by atoms with van der Waals surface area (Å²) in [5.41, 5.74) is 5.10. The summed E-state index contributed by atoms with van der Waals surface area (Å²) < 4.78 is 0. The van der Waals surface area contributed by atoms with E-state index < -0.39 is 0 Å². The Labute approximate surface area is 83.6 Å². The number of rotatable bonds is 3. The lowest BCUT2D eigenvalue weighted by Gasteiger charge is -2.34. The third-order valence-electron chi connectivity index (χ3n) is 2.38. The van der Waals surface area contributed by atoms with Crippen LogP contribution in [-0.4, -0.2) is 41.9 Å². The van der Waals surface area contributed by atoms with Crippen LogP contribution in [0.1, 0.15) is 20.3 Å². The molecule has 0 saturated carbocycles. The molecule has 0 aromatic heterocycles. The number of hydrogen-bond acceptors (Lipinski definition) is 3. The molecule has 0 aromatic rings. The van der Waals surface area contributed by atoms with Gasteiger partial charge in [0, 0.05) is 25.0 Å². The average molecular weight is 199 g/mol. The molecule has 5 heteroatoms. The predicted octanol–water partition coefficient (Wildman–Crippen LogP) is -0.929. The molecule has 1 aliphatic heterocycles. The van der Waals surface area contributed by atoms with Crippen LogP contribution in [0.25, 0.3) is 0 Å². The highest BCUT2D eigenvalue weighted by molar-refractivity contribution is 5.79. The van der Waals surface area contributed by atoms with Crippen molar-refractivity contribution < 1.29 is 9.59 Å². The Balaban J connectivity index is 2.50. The predicted molar refractivity (Wildman–Crippen MR) is 52.5 cm³/mol. The molecule has 1 heterocycles. The standard InChI is InChI=1S/C9H17N3O2/c1-6-4-12(5-9(14)11-6)7(2)3-8(10)13/h6-7H,3-5H2,1-2H3,(H2,10,13)(H,11,14). The van der Waals surface area contributed by atoms with E-state index in [4.69, 9.17) is 5.73 Å². The third kappa shape index (κ3) is 2.99. The zero-order valence-corrected chi connectivity index (χ0v) is 8.62. The van der Waals surface area contributed by atoms with Crippen molar-refractivity contribution in [2.45, 2.75) is 32.4 Å². The Bertz CT molecular complexity index is 242. The van der Waals surface area contributed by atoms with Gasteiger partial charge in [-0.2, -0.15) is 0 Å². The first-order chi connectivity index (χ1) is 6.49. The summed E-state index contributed by atoms with van der Waals surface area (Å²) in [7, 11) is 0. The SMILES string of the molecule is CC1CN(C(C)CC(N)=O)CC(=O)N1. The Morgan fingerprint density at radius 2 is 2.43 bits per heavy atom. The maximum Gasteiger partial charge on any atom is 0.234 e. The van der Waals surface area contributed by atoms with Crippen LogP contribution in [0.2, 0.25) is 0 Å². The molecular formula is C9H17N3O2. The number of carbonyl (C=O) groups is 2. The van der Waals surface area contributed by atoms with E-state index in [0.717, 1.165) is 6.54 Å². The normalized spacial score (nSPS) is 25.6. The van der Waals surface area contributed by atoms with Crippen LogP contribution >= 0.6 is 0 Å². The number of amides is 2. The zero-order valence-electron chi connectivity index (χ0n) is 8.62. The molecule has 0 radical (unpaired) electrons. The second-order valence-electron chi connectivity index (χ2n) is 3.92. The fourth-order valence-electron chi connectivity index (χ4n) is 1.72. The molecule has 1 fully saturated rings. The molecule has 2 atom stereocenters. The Kier molecular flexibility index (Phi) is 3.46. The average Bonchev–Trinajstić information content (AvgIpc) is 2.00. The van der Waals surface area contributed by atoms with Gasteiger partial charge in [0.05, 0.1) is 6.54 Å². The summed E-state index contributed by atoms with van der Waals surface area (Å²) in [6.07, 6.45) is 0.306. The smallest absolute Gasteiger partial charge is 0.234 e. The van der Waals surface area contributed by atoms with Crippen LogP contribution in [0.5, 0.6) is 0 Å². The van der Waals surface area contributed by atoms with Gasteiger partial charge in [0.15, 0.2) is 0 Å². The lowest BCUT2D eigenvalue weighted by Crippen LogP contribution is -2.55. The van der Waals surface area contributed by atoms with Crippen molar-refractivity contribution in [1.29, 1.82) is 0 Å². The van der Waals surface area contributed by atoms with E-state index in [0.29, 0.717) is 13.0 Å². The minimum atomic E-state index is -0.323. The van der Waals surface area contributed by atoms with Gasteiger partial charge in [0.1, 0.15) is 0 Å². The fourth-order valence-corrected chi connectivity index (χ4v) is 1.72. The van der Waals surface area contributed by atoms with Gasteiger partial charge >= 0.3 is 0 Å². The van der Waals surface area contributed by atoms with Crippen molar-refractivity contribution in [2.75, 3.05) is 13.1 Å².